The minimum atomic E-state index is -1.30. The number of amides is 2. The monoisotopic (exact) mass is 355 g/mol. The third kappa shape index (κ3) is 10.4. The number of rotatable bonds is 12. The molecule has 0 saturated carbocycles. The summed E-state index contributed by atoms with van der Waals surface area (Å²) in [5, 5.41) is 25.3. The molecule has 0 heterocycles. The maximum absolute atomic E-state index is 11.7. The second-order valence-electron chi connectivity index (χ2n) is 4.14. The molecule has 12 nitrogen and oxygen atoms in total. The lowest BCUT2D eigenvalue weighted by Crippen LogP contribution is -2.50. The van der Waals surface area contributed by atoms with Gasteiger partial charge in [0.1, 0.15) is 25.2 Å². The van der Waals surface area contributed by atoms with E-state index in [1.54, 1.807) is 0 Å². The molecule has 0 aromatic carbocycles. The Kier molecular flexibility index (Phi) is 10.6. The maximum atomic E-state index is 11.7. The summed E-state index contributed by atoms with van der Waals surface area (Å²) in [4.78, 5) is 48.7. The Balaban J connectivity index is 4.48. The van der Waals surface area contributed by atoms with Crippen LogP contribution < -0.4 is 16.4 Å². The number of aliphatic carboxylic acids is 2. The Morgan fingerprint density at radius 1 is 1.22 bits per heavy atom. The van der Waals surface area contributed by atoms with Gasteiger partial charge in [-0.15, -0.1) is 4.33 Å². The van der Waals surface area contributed by atoms with Crippen molar-refractivity contribution in [2.45, 2.75) is 24.9 Å². The average molecular weight is 355 g/mol. The molecule has 0 aliphatic carbocycles. The molecule has 0 aromatic heterocycles. The zero-order chi connectivity index (χ0) is 17.8. The minimum absolute atomic E-state index is 0.151. The molecule has 0 bridgehead atoms. The van der Waals surface area contributed by atoms with Gasteiger partial charge in [-0.2, -0.15) is 0 Å². The third-order valence-electron chi connectivity index (χ3n) is 2.38. The molecule has 0 aliphatic heterocycles. The van der Waals surface area contributed by atoms with Crippen LogP contribution in [0.3, 0.4) is 0 Å². The van der Waals surface area contributed by atoms with E-state index < -0.39 is 49.0 Å². The first-order valence-electron chi connectivity index (χ1n) is 6.14. The lowest BCUT2D eigenvalue weighted by molar-refractivity contribution is -0.459. The Morgan fingerprint density at radius 3 is 2.39 bits per heavy atom. The van der Waals surface area contributed by atoms with Gasteiger partial charge in [0.05, 0.1) is 0 Å². The fourth-order valence-corrected chi connectivity index (χ4v) is 1.31. The van der Waals surface area contributed by atoms with Crippen LogP contribution in [0, 0.1) is 0 Å². The third-order valence-corrected chi connectivity index (χ3v) is 2.44. The second kappa shape index (κ2) is 11.6. The molecule has 2 amide bonds. The smallest absolute Gasteiger partial charge is 0.322 e. The van der Waals surface area contributed by atoms with Gasteiger partial charge in [-0.1, -0.05) is 5.04 Å². The van der Waals surface area contributed by atoms with Gasteiger partial charge in [0, 0.05) is 19.3 Å². The van der Waals surface area contributed by atoms with Crippen LogP contribution in [-0.2, 0) is 33.4 Å². The molecule has 2 unspecified atom stereocenters. The molecular weight excluding hydrogens is 338 g/mol. The molecule has 0 spiro atoms. The topological polar surface area (TPSA) is 187 Å². The number of carbonyl (C=O) groups excluding carboxylic acids is 2. The van der Waals surface area contributed by atoms with Crippen LogP contribution in [0.25, 0.3) is 0 Å². The van der Waals surface area contributed by atoms with Crippen LogP contribution in [0.15, 0.2) is 0 Å². The van der Waals surface area contributed by atoms with E-state index >= 15 is 0 Å². The van der Waals surface area contributed by atoms with Crippen molar-refractivity contribution in [2.75, 3.05) is 13.2 Å². The zero-order valence-electron chi connectivity index (χ0n) is 11.8. The molecule has 23 heavy (non-hydrogen) atoms. The second-order valence-corrected chi connectivity index (χ2v) is 4.29. The van der Waals surface area contributed by atoms with Crippen molar-refractivity contribution in [3.05, 3.63) is 0 Å². The van der Waals surface area contributed by atoms with Crippen molar-refractivity contribution in [1.29, 1.82) is 0 Å². The normalized spacial score (nSPS) is 13.0. The molecule has 13 heteroatoms. The number of carboxylic acid groups (broad SMARTS) is 2. The Labute approximate surface area is 135 Å². The molecule has 0 aromatic rings. The first-order chi connectivity index (χ1) is 10.8. The molecule has 0 fully saturated rings. The molecule has 2 atom stereocenters. The highest BCUT2D eigenvalue weighted by molar-refractivity contribution is 7.74. The fourth-order valence-electron chi connectivity index (χ4n) is 1.26. The van der Waals surface area contributed by atoms with Crippen LogP contribution in [0.4, 0.5) is 0 Å². The van der Waals surface area contributed by atoms with Gasteiger partial charge in [0.15, 0.2) is 0 Å². The van der Waals surface area contributed by atoms with Gasteiger partial charge in [0.2, 0.25) is 11.8 Å². The summed E-state index contributed by atoms with van der Waals surface area (Å²) in [6, 6.07) is -2.52. The summed E-state index contributed by atoms with van der Waals surface area (Å²) in [7, 11) is 0. The van der Waals surface area contributed by atoms with E-state index in [-0.39, 0.29) is 12.8 Å². The molecule has 132 valence electrons. The summed E-state index contributed by atoms with van der Waals surface area (Å²) in [6.45, 7) is -1.18. The van der Waals surface area contributed by atoms with Crippen LogP contribution in [0.1, 0.15) is 12.8 Å². The highest BCUT2D eigenvalue weighted by Gasteiger charge is 2.23. The molecule has 6 N–H and O–H groups in total. The van der Waals surface area contributed by atoms with E-state index in [0.29, 0.717) is 0 Å². The molecule has 0 saturated heterocycles. The predicted molar refractivity (Wildman–Crippen MR) is 74.5 cm³/mol. The SMILES string of the molecule is NC(CCC(=O)NC(COOOS)C(=O)NCC(=O)O)C(=O)O. The van der Waals surface area contributed by atoms with Gasteiger partial charge < -0.3 is 26.6 Å². The standard InChI is InChI=1S/C10H17N3O9S/c11-5(10(18)19)1-2-7(14)13-6(4-20-21-22-23)9(17)12-3-8(15)16/h5-6,23H,1-4,11H2,(H,12,17)(H,13,14)(H,15,16)(H,18,19). The number of hydrogen-bond donors (Lipinski definition) is 6. The van der Waals surface area contributed by atoms with Gasteiger partial charge in [-0.3, -0.25) is 19.2 Å². The van der Waals surface area contributed by atoms with Crippen molar-refractivity contribution in [3.63, 3.8) is 0 Å². The number of nitrogens with two attached hydrogens (primary N) is 1. The molecular formula is C10H17N3O9S. The highest BCUT2D eigenvalue weighted by Crippen LogP contribution is 1.97. The van der Waals surface area contributed by atoms with Crippen molar-refractivity contribution >= 4 is 36.7 Å². The first kappa shape index (κ1) is 21.1. The van der Waals surface area contributed by atoms with Crippen LogP contribution >= 0.6 is 12.9 Å². The maximum Gasteiger partial charge on any atom is 0.322 e. The molecule has 0 aliphatic rings. The number of carboxylic acids is 2. The lowest BCUT2D eigenvalue weighted by Gasteiger charge is -2.17. The van der Waals surface area contributed by atoms with Crippen molar-refractivity contribution < 1.29 is 43.7 Å². The van der Waals surface area contributed by atoms with E-state index in [9.17, 15) is 19.2 Å². The van der Waals surface area contributed by atoms with E-state index in [1.807, 2.05) is 5.32 Å². The quantitative estimate of drug-likeness (QED) is 0.0723. The number of carbonyl (C=O) groups is 4. The van der Waals surface area contributed by atoms with Gasteiger partial charge in [-0.05, 0) is 6.42 Å². The van der Waals surface area contributed by atoms with Crippen LogP contribution in [0.2, 0.25) is 0 Å². The highest BCUT2D eigenvalue weighted by atomic mass is 32.1. The van der Waals surface area contributed by atoms with Crippen LogP contribution in [-0.4, -0.2) is 59.2 Å². The molecule has 0 rings (SSSR count). The van der Waals surface area contributed by atoms with E-state index in [0.717, 1.165) is 0 Å². The zero-order valence-corrected chi connectivity index (χ0v) is 12.7. The number of thiol groups is 1. The van der Waals surface area contributed by atoms with E-state index in [2.05, 4.69) is 32.5 Å². The van der Waals surface area contributed by atoms with Crippen molar-refractivity contribution in [3.8, 4) is 0 Å². The number of nitrogens with one attached hydrogen (secondary N) is 2. The van der Waals surface area contributed by atoms with Gasteiger partial charge >= 0.3 is 11.9 Å². The average Bonchev–Trinajstić information content (AvgIpc) is 2.49. The summed E-state index contributed by atoms with van der Waals surface area (Å²) in [6.07, 6.45) is -0.415. The fraction of sp³-hybridized carbons (Fsp3) is 0.600. The van der Waals surface area contributed by atoms with Crippen LogP contribution in [0.5, 0.6) is 0 Å². The summed E-state index contributed by atoms with van der Waals surface area (Å²) in [5.74, 6) is -4.10. The van der Waals surface area contributed by atoms with Gasteiger partial charge in [-0.25, -0.2) is 4.89 Å². The van der Waals surface area contributed by atoms with E-state index in [4.69, 9.17) is 15.9 Å². The Morgan fingerprint density at radius 2 is 1.87 bits per heavy atom. The Bertz CT molecular complexity index is 434. The Hall–Kier alpha value is -1.93. The number of hydrogen-bond acceptors (Lipinski definition) is 9. The van der Waals surface area contributed by atoms with E-state index in [1.165, 1.54) is 0 Å². The summed E-state index contributed by atoms with van der Waals surface area (Å²) in [5.41, 5.74) is 5.24. The predicted octanol–water partition coefficient (Wildman–Crippen LogP) is -2.41. The summed E-state index contributed by atoms with van der Waals surface area (Å²) >= 11 is 3.21. The van der Waals surface area contributed by atoms with Crippen molar-refractivity contribution in [1.82, 2.24) is 10.6 Å². The minimum Gasteiger partial charge on any atom is -0.480 e. The van der Waals surface area contributed by atoms with Gasteiger partial charge in [0.25, 0.3) is 0 Å². The first-order valence-corrected chi connectivity index (χ1v) is 6.51. The summed E-state index contributed by atoms with van der Waals surface area (Å²) < 4.78 is 3.83. The molecule has 0 radical (unpaired) electrons. The largest absolute Gasteiger partial charge is 0.480 e. The lowest BCUT2D eigenvalue weighted by atomic mass is 10.1. The van der Waals surface area contributed by atoms with Crippen molar-refractivity contribution in [2.24, 2.45) is 5.73 Å².